The molecule has 0 aliphatic carbocycles. The topological polar surface area (TPSA) is 204 Å². The van der Waals surface area contributed by atoms with E-state index in [0.29, 0.717) is 11.2 Å². The highest BCUT2D eigenvalue weighted by Gasteiger charge is 2.57. The average molecular weight is 617 g/mol. The van der Waals surface area contributed by atoms with Gasteiger partial charge in [0, 0.05) is 0 Å². The number of nitrogens with two attached hydrogens (primary N) is 1. The van der Waals surface area contributed by atoms with Gasteiger partial charge in [-0.25, -0.2) is 14.1 Å². The van der Waals surface area contributed by atoms with E-state index in [1.54, 1.807) is 37.3 Å². The predicted octanol–water partition coefficient (Wildman–Crippen LogP) is 2.92. The van der Waals surface area contributed by atoms with Gasteiger partial charge in [0.1, 0.15) is 54.6 Å². The van der Waals surface area contributed by atoms with Crippen LogP contribution < -0.4 is 15.3 Å². The fourth-order valence-electron chi connectivity index (χ4n) is 4.69. The highest BCUT2D eigenvalue weighted by Crippen LogP contribution is 2.48. The summed E-state index contributed by atoms with van der Waals surface area (Å²) in [5.74, 6) is -0.120. The van der Waals surface area contributed by atoms with Crippen molar-refractivity contribution in [2.45, 2.75) is 70.0 Å². The van der Waals surface area contributed by atoms with Crippen molar-refractivity contribution in [1.29, 1.82) is 5.26 Å². The zero-order chi connectivity index (χ0) is 31.2. The van der Waals surface area contributed by atoms with Crippen LogP contribution in [0.4, 0.5) is 5.82 Å². The highest BCUT2D eigenvalue weighted by atomic mass is 31.2. The Labute approximate surface area is 249 Å². The monoisotopic (exact) mass is 616 g/mol. The molecule has 14 nitrogen and oxygen atoms in total. The third-order valence-electron chi connectivity index (χ3n) is 7.48. The van der Waals surface area contributed by atoms with E-state index in [2.05, 4.69) is 15.2 Å². The lowest BCUT2D eigenvalue weighted by Crippen LogP contribution is -2.46. The summed E-state index contributed by atoms with van der Waals surface area (Å²) in [4.78, 5) is 16.9. The predicted molar refractivity (Wildman–Crippen MR) is 154 cm³/mol. The van der Waals surface area contributed by atoms with E-state index in [1.165, 1.54) is 23.0 Å². The van der Waals surface area contributed by atoms with E-state index in [1.807, 2.05) is 19.9 Å². The summed E-state index contributed by atoms with van der Waals surface area (Å²) >= 11 is 0. The number of aliphatic hydroxyl groups is 2. The number of nitrogen functional groups attached to an aromatic ring is 1. The van der Waals surface area contributed by atoms with Crippen LogP contribution in [0.15, 0.2) is 48.8 Å². The second-order valence-corrected chi connectivity index (χ2v) is 11.9. The Balaban J connectivity index is 1.57. The number of carbonyl (C=O) groups excluding carboxylic acids is 1. The number of aromatic nitrogens is 3. The molecular formula is C28H37N6O8P. The lowest BCUT2D eigenvalue weighted by atomic mass is 9.96. The maximum atomic E-state index is 14.1. The van der Waals surface area contributed by atoms with E-state index in [-0.39, 0.29) is 30.5 Å². The number of ether oxygens (including phenoxy) is 2. The zero-order valence-corrected chi connectivity index (χ0v) is 25.1. The van der Waals surface area contributed by atoms with Gasteiger partial charge in [-0.05, 0) is 36.6 Å². The van der Waals surface area contributed by atoms with Gasteiger partial charge in [0.05, 0.1) is 12.3 Å². The molecular weight excluding hydrogens is 579 g/mol. The molecule has 1 aliphatic rings. The molecule has 1 fully saturated rings. The number of benzene rings is 1. The molecule has 1 aromatic carbocycles. The normalized spacial score (nSPS) is 24.0. The number of hydrogen-bond acceptors (Lipinski definition) is 12. The van der Waals surface area contributed by atoms with Gasteiger partial charge >= 0.3 is 13.7 Å². The molecule has 0 bridgehead atoms. The number of hydrogen-bond donors (Lipinski definition) is 4. The summed E-state index contributed by atoms with van der Waals surface area (Å²) in [5, 5.41) is 38.9. The summed E-state index contributed by atoms with van der Waals surface area (Å²) in [6.07, 6.45) is -1.56. The molecule has 1 saturated heterocycles. The van der Waals surface area contributed by atoms with E-state index < -0.39 is 50.3 Å². The van der Waals surface area contributed by atoms with E-state index >= 15 is 0 Å². The summed E-state index contributed by atoms with van der Waals surface area (Å²) in [6, 6.07) is 12.1. The minimum Gasteiger partial charge on any atom is -0.464 e. The molecule has 0 unspecified atom stereocenters. The van der Waals surface area contributed by atoms with Gasteiger partial charge in [0.15, 0.2) is 5.82 Å². The molecule has 3 aromatic rings. The summed E-state index contributed by atoms with van der Waals surface area (Å²) in [7, 11) is -4.43. The highest BCUT2D eigenvalue weighted by molar-refractivity contribution is 7.52. The van der Waals surface area contributed by atoms with Crippen molar-refractivity contribution in [2.24, 2.45) is 5.92 Å². The smallest absolute Gasteiger partial charge is 0.459 e. The van der Waals surface area contributed by atoms with Crippen LogP contribution in [-0.4, -0.2) is 67.8 Å². The van der Waals surface area contributed by atoms with Gasteiger partial charge in [-0.3, -0.25) is 9.32 Å². The van der Waals surface area contributed by atoms with Gasteiger partial charge in [-0.15, -0.1) is 0 Å². The third-order valence-corrected chi connectivity index (χ3v) is 9.03. The van der Waals surface area contributed by atoms with Gasteiger partial charge in [-0.1, -0.05) is 51.8 Å². The molecule has 43 heavy (non-hydrogen) atoms. The summed E-state index contributed by atoms with van der Waals surface area (Å²) < 4.78 is 38.3. The minimum atomic E-state index is -4.43. The minimum absolute atomic E-state index is 0.160. The van der Waals surface area contributed by atoms with Crippen LogP contribution in [0.25, 0.3) is 5.52 Å². The maximum Gasteiger partial charge on any atom is 0.459 e. The standard InChI is InChI=1S/C28H37N6O8P/c1-4-18(5-2)14-39-27(37)20(6-3)33-43(38,42-19-10-8-7-9-11-19)40-16-28(15-29)25(36)23(35)24(41-28)21-12-13-22-26(30)31-17-32-34(21)22/h7-13,17-18,20,23-25,35-36H,4-6,14,16H2,1-3H3,(H,33,38)(H2,30,31,32)/t20-,23-,24-,25-,28+,43+/m0/s1. The van der Waals surface area contributed by atoms with Gasteiger partial charge in [0.2, 0.25) is 5.60 Å². The maximum absolute atomic E-state index is 14.1. The second-order valence-electron chi connectivity index (χ2n) is 10.3. The molecule has 4 rings (SSSR count). The molecule has 0 amide bonds. The van der Waals surface area contributed by atoms with E-state index in [4.69, 9.17) is 24.3 Å². The van der Waals surface area contributed by atoms with Crippen LogP contribution in [-0.2, 0) is 23.4 Å². The average Bonchev–Trinajstić information content (AvgIpc) is 3.55. The molecule has 232 valence electrons. The Morgan fingerprint density at radius 2 is 1.93 bits per heavy atom. The number of para-hydroxylation sites is 1. The lowest BCUT2D eigenvalue weighted by Gasteiger charge is -2.29. The number of nitrogens with zero attached hydrogens (tertiary/aromatic N) is 4. The number of esters is 1. The SMILES string of the molecule is CCC(CC)COC(=O)[C@H](CC)N[P@@](=O)(OC[C@@]1(C#N)O[C@@H](c2ccc3c(N)ncnn23)[C@H](O)[C@@H]1O)Oc1ccccc1. The number of aliphatic hydroxyl groups excluding tert-OH is 2. The van der Waals surface area contributed by atoms with Crippen molar-refractivity contribution in [3.8, 4) is 11.8 Å². The number of fused-ring (bicyclic) bond motifs is 1. The van der Waals surface area contributed by atoms with Crippen LogP contribution in [0.5, 0.6) is 5.75 Å². The number of nitriles is 1. The van der Waals surface area contributed by atoms with Crippen molar-refractivity contribution >= 4 is 25.1 Å². The molecule has 5 N–H and O–H groups in total. The van der Waals surface area contributed by atoms with E-state index in [9.17, 15) is 24.8 Å². The van der Waals surface area contributed by atoms with Crippen LogP contribution >= 0.6 is 7.75 Å². The van der Waals surface area contributed by atoms with Crippen molar-refractivity contribution in [3.05, 3.63) is 54.5 Å². The number of nitrogens with one attached hydrogen (secondary N) is 1. The molecule has 0 saturated carbocycles. The fraction of sp³-hybridized carbons (Fsp3) is 0.500. The first kappa shape index (κ1) is 32.3. The number of rotatable bonds is 14. The Hall–Kier alpha value is -3.57. The lowest BCUT2D eigenvalue weighted by molar-refractivity contribution is -0.147. The molecule has 0 spiro atoms. The fourth-order valence-corrected chi connectivity index (χ4v) is 6.30. The first-order valence-electron chi connectivity index (χ1n) is 14.1. The van der Waals surface area contributed by atoms with Gasteiger partial charge < -0.3 is 29.9 Å². The largest absolute Gasteiger partial charge is 0.464 e. The number of anilines is 1. The molecule has 15 heteroatoms. The molecule has 6 atom stereocenters. The quantitative estimate of drug-likeness (QED) is 0.152. The van der Waals surface area contributed by atoms with Gasteiger partial charge in [-0.2, -0.15) is 15.4 Å². The molecule has 0 radical (unpaired) electrons. The van der Waals surface area contributed by atoms with Crippen LogP contribution in [0.1, 0.15) is 51.8 Å². The summed E-state index contributed by atoms with van der Waals surface area (Å²) in [5.41, 5.74) is 4.45. The second kappa shape index (κ2) is 13.8. The number of carbonyl (C=O) groups is 1. The Morgan fingerprint density at radius 1 is 1.21 bits per heavy atom. The van der Waals surface area contributed by atoms with Gasteiger partial charge in [0.25, 0.3) is 0 Å². The van der Waals surface area contributed by atoms with Crippen LogP contribution in [0.2, 0.25) is 0 Å². The Kier molecular flexibility index (Phi) is 10.4. The Morgan fingerprint density at radius 3 is 2.58 bits per heavy atom. The first-order valence-corrected chi connectivity index (χ1v) is 15.6. The first-order chi connectivity index (χ1) is 20.6. The van der Waals surface area contributed by atoms with Crippen molar-refractivity contribution in [2.75, 3.05) is 18.9 Å². The molecule has 1 aliphatic heterocycles. The van der Waals surface area contributed by atoms with Crippen molar-refractivity contribution in [3.63, 3.8) is 0 Å². The van der Waals surface area contributed by atoms with Crippen LogP contribution in [0, 0.1) is 17.2 Å². The van der Waals surface area contributed by atoms with Crippen LogP contribution in [0.3, 0.4) is 0 Å². The Bertz CT molecular complexity index is 1480. The zero-order valence-electron chi connectivity index (χ0n) is 24.2. The third kappa shape index (κ3) is 6.99. The molecule has 3 heterocycles. The molecule has 2 aromatic heterocycles. The van der Waals surface area contributed by atoms with Crippen molar-refractivity contribution in [1.82, 2.24) is 19.7 Å². The van der Waals surface area contributed by atoms with Crippen molar-refractivity contribution < 1.29 is 38.1 Å². The summed E-state index contributed by atoms with van der Waals surface area (Å²) in [6.45, 7) is 5.11. The van der Waals surface area contributed by atoms with E-state index in [0.717, 1.165) is 12.8 Å².